The molecule has 1 aromatic carbocycles. The molecule has 3 nitrogen and oxygen atoms in total. The molecule has 0 heterocycles. The molecule has 0 radical (unpaired) electrons. The standard InChI is InChI=1S/C14H21NO2/c1-4-17-13-7-5-6-12(10-13)14(16)8-9-15-11(2)3/h5-7,10-11,15H,4,8-9H2,1-3H3. The Hall–Kier alpha value is -1.35. The van der Waals surface area contributed by atoms with Crippen molar-refractivity contribution in [3.63, 3.8) is 0 Å². The minimum atomic E-state index is 0.153. The summed E-state index contributed by atoms with van der Waals surface area (Å²) in [6.45, 7) is 7.41. The molecule has 0 amide bonds. The van der Waals surface area contributed by atoms with Gasteiger partial charge in [0, 0.05) is 24.6 Å². The van der Waals surface area contributed by atoms with E-state index >= 15 is 0 Å². The molecule has 17 heavy (non-hydrogen) atoms. The Morgan fingerprint density at radius 2 is 2.18 bits per heavy atom. The SMILES string of the molecule is CCOc1cccc(C(=O)CCNC(C)C)c1. The quantitative estimate of drug-likeness (QED) is 0.738. The second-order valence-corrected chi connectivity index (χ2v) is 4.24. The monoisotopic (exact) mass is 235 g/mol. The van der Waals surface area contributed by atoms with Gasteiger partial charge in [0.15, 0.2) is 5.78 Å². The maximum Gasteiger partial charge on any atom is 0.164 e. The highest BCUT2D eigenvalue weighted by molar-refractivity contribution is 5.96. The topological polar surface area (TPSA) is 38.3 Å². The van der Waals surface area contributed by atoms with E-state index in [4.69, 9.17) is 4.74 Å². The summed E-state index contributed by atoms with van der Waals surface area (Å²) in [5.74, 6) is 0.912. The lowest BCUT2D eigenvalue weighted by Gasteiger charge is -2.08. The van der Waals surface area contributed by atoms with Crippen LogP contribution in [0.25, 0.3) is 0 Å². The molecular weight excluding hydrogens is 214 g/mol. The van der Waals surface area contributed by atoms with Crippen LogP contribution in [-0.4, -0.2) is 25.0 Å². The van der Waals surface area contributed by atoms with E-state index in [1.165, 1.54) is 0 Å². The molecule has 0 unspecified atom stereocenters. The van der Waals surface area contributed by atoms with E-state index in [-0.39, 0.29) is 5.78 Å². The number of benzene rings is 1. The predicted octanol–water partition coefficient (Wildman–Crippen LogP) is 2.66. The van der Waals surface area contributed by atoms with Crippen LogP contribution in [-0.2, 0) is 0 Å². The van der Waals surface area contributed by atoms with E-state index in [0.29, 0.717) is 19.1 Å². The van der Waals surface area contributed by atoms with Crippen LogP contribution in [0.2, 0.25) is 0 Å². The average molecular weight is 235 g/mol. The van der Waals surface area contributed by atoms with Gasteiger partial charge in [-0.2, -0.15) is 0 Å². The molecule has 0 spiro atoms. The minimum Gasteiger partial charge on any atom is -0.494 e. The molecule has 0 saturated carbocycles. The average Bonchev–Trinajstić information content (AvgIpc) is 2.29. The Labute approximate surface area is 103 Å². The zero-order valence-corrected chi connectivity index (χ0v) is 10.8. The van der Waals surface area contributed by atoms with Crippen molar-refractivity contribution in [3.8, 4) is 5.75 Å². The molecule has 0 aliphatic carbocycles. The Morgan fingerprint density at radius 1 is 1.41 bits per heavy atom. The first kappa shape index (κ1) is 13.7. The Balaban J connectivity index is 2.53. The van der Waals surface area contributed by atoms with Crippen LogP contribution in [0.5, 0.6) is 5.75 Å². The summed E-state index contributed by atoms with van der Waals surface area (Å²) in [7, 11) is 0. The highest BCUT2D eigenvalue weighted by atomic mass is 16.5. The summed E-state index contributed by atoms with van der Waals surface area (Å²) in [6.07, 6.45) is 0.522. The Kier molecular flexibility index (Phi) is 5.70. The van der Waals surface area contributed by atoms with Crippen molar-refractivity contribution in [1.29, 1.82) is 0 Å². The number of Topliss-reactive ketones (excluding diaryl/α,β-unsaturated/α-hetero) is 1. The zero-order chi connectivity index (χ0) is 12.7. The van der Waals surface area contributed by atoms with Crippen molar-refractivity contribution >= 4 is 5.78 Å². The lowest BCUT2D eigenvalue weighted by molar-refractivity contribution is 0.0981. The molecule has 1 rings (SSSR count). The van der Waals surface area contributed by atoms with Gasteiger partial charge < -0.3 is 10.1 Å². The number of nitrogens with one attached hydrogen (secondary N) is 1. The fourth-order valence-electron chi connectivity index (χ4n) is 1.54. The largest absolute Gasteiger partial charge is 0.494 e. The number of hydrogen-bond acceptors (Lipinski definition) is 3. The van der Waals surface area contributed by atoms with Gasteiger partial charge in [-0.15, -0.1) is 0 Å². The summed E-state index contributed by atoms with van der Waals surface area (Å²) < 4.78 is 5.37. The van der Waals surface area contributed by atoms with Gasteiger partial charge in [0.1, 0.15) is 5.75 Å². The van der Waals surface area contributed by atoms with Crippen molar-refractivity contribution in [2.45, 2.75) is 33.2 Å². The van der Waals surface area contributed by atoms with Gasteiger partial charge in [-0.05, 0) is 19.1 Å². The fourth-order valence-corrected chi connectivity index (χ4v) is 1.54. The van der Waals surface area contributed by atoms with Gasteiger partial charge >= 0.3 is 0 Å². The van der Waals surface area contributed by atoms with Gasteiger partial charge in [-0.25, -0.2) is 0 Å². The second kappa shape index (κ2) is 7.07. The van der Waals surface area contributed by atoms with Crippen LogP contribution in [0.15, 0.2) is 24.3 Å². The van der Waals surface area contributed by atoms with E-state index in [1.807, 2.05) is 25.1 Å². The number of rotatable bonds is 7. The van der Waals surface area contributed by atoms with Crippen molar-refractivity contribution in [3.05, 3.63) is 29.8 Å². The highest BCUT2D eigenvalue weighted by Gasteiger charge is 2.06. The number of carbonyl (C=O) groups is 1. The van der Waals surface area contributed by atoms with Crippen LogP contribution < -0.4 is 10.1 Å². The van der Waals surface area contributed by atoms with Crippen LogP contribution in [0.1, 0.15) is 37.6 Å². The van der Waals surface area contributed by atoms with Gasteiger partial charge in [0.25, 0.3) is 0 Å². The van der Waals surface area contributed by atoms with Crippen molar-refractivity contribution < 1.29 is 9.53 Å². The van der Waals surface area contributed by atoms with Crippen LogP contribution in [0.4, 0.5) is 0 Å². The summed E-state index contributed by atoms with van der Waals surface area (Å²) in [4.78, 5) is 11.9. The maximum atomic E-state index is 11.9. The first-order valence-electron chi connectivity index (χ1n) is 6.13. The molecule has 0 fully saturated rings. The van der Waals surface area contributed by atoms with Crippen LogP contribution in [0, 0.1) is 0 Å². The van der Waals surface area contributed by atoms with Gasteiger partial charge in [0.05, 0.1) is 6.61 Å². The summed E-state index contributed by atoms with van der Waals surface area (Å²) in [5, 5.41) is 3.23. The molecule has 94 valence electrons. The Bertz CT molecular complexity index is 361. The van der Waals surface area contributed by atoms with Crippen molar-refractivity contribution in [1.82, 2.24) is 5.32 Å². The number of ether oxygens (including phenoxy) is 1. The van der Waals surface area contributed by atoms with Crippen molar-refractivity contribution in [2.24, 2.45) is 0 Å². The Morgan fingerprint density at radius 3 is 2.82 bits per heavy atom. The fraction of sp³-hybridized carbons (Fsp3) is 0.500. The van der Waals surface area contributed by atoms with Gasteiger partial charge in [0.2, 0.25) is 0 Å². The number of carbonyl (C=O) groups excluding carboxylic acids is 1. The van der Waals surface area contributed by atoms with E-state index in [2.05, 4.69) is 19.2 Å². The normalized spacial score (nSPS) is 10.6. The second-order valence-electron chi connectivity index (χ2n) is 4.24. The van der Waals surface area contributed by atoms with Crippen molar-refractivity contribution in [2.75, 3.05) is 13.2 Å². The highest BCUT2D eigenvalue weighted by Crippen LogP contribution is 2.14. The smallest absolute Gasteiger partial charge is 0.164 e. The molecule has 3 heteroatoms. The molecular formula is C14H21NO2. The molecule has 0 bridgehead atoms. The summed E-state index contributed by atoms with van der Waals surface area (Å²) in [5.41, 5.74) is 0.724. The number of ketones is 1. The summed E-state index contributed by atoms with van der Waals surface area (Å²) >= 11 is 0. The minimum absolute atomic E-state index is 0.153. The third kappa shape index (κ3) is 5.00. The third-order valence-corrected chi connectivity index (χ3v) is 2.37. The molecule has 1 aromatic rings. The molecule has 0 atom stereocenters. The lowest BCUT2D eigenvalue weighted by Crippen LogP contribution is -2.25. The first-order valence-corrected chi connectivity index (χ1v) is 6.13. The van der Waals surface area contributed by atoms with E-state index in [0.717, 1.165) is 17.9 Å². The molecule has 0 aliphatic heterocycles. The van der Waals surface area contributed by atoms with Crippen LogP contribution in [0.3, 0.4) is 0 Å². The third-order valence-electron chi connectivity index (χ3n) is 2.37. The predicted molar refractivity (Wildman–Crippen MR) is 69.7 cm³/mol. The molecule has 1 N–H and O–H groups in total. The van der Waals surface area contributed by atoms with E-state index in [9.17, 15) is 4.79 Å². The molecule has 0 aromatic heterocycles. The van der Waals surface area contributed by atoms with Gasteiger partial charge in [-0.1, -0.05) is 26.0 Å². The first-order chi connectivity index (χ1) is 8.13. The summed E-state index contributed by atoms with van der Waals surface area (Å²) in [6, 6.07) is 7.78. The molecule has 0 aliphatic rings. The van der Waals surface area contributed by atoms with E-state index in [1.54, 1.807) is 6.07 Å². The van der Waals surface area contributed by atoms with E-state index < -0.39 is 0 Å². The number of hydrogen-bond donors (Lipinski definition) is 1. The zero-order valence-electron chi connectivity index (χ0n) is 10.8. The lowest BCUT2D eigenvalue weighted by atomic mass is 10.1. The maximum absolute atomic E-state index is 11.9. The van der Waals surface area contributed by atoms with Crippen LogP contribution >= 0.6 is 0 Å². The molecule has 0 saturated heterocycles. The van der Waals surface area contributed by atoms with Gasteiger partial charge in [-0.3, -0.25) is 4.79 Å².